The van der Waals surface area contributed by atoms with Crippen LogP contribution in [0.25, 0.3) is 21.3 Å². The maximum Gasteiger partial charge on any atom is 0.347 e. The van der Waals surface area contributed by atoms with Gasteiger partial charge in [-0.15, -0.1) is 11.3 Å². The second-order valence-electron chi connectivity index (χ2n) is 17.3. The van der Waals surface area contributed by atoms with E-state index >= 15 is 0 Å². The molecule has 67 heavy (non-hydrogen) atoms. The number of carbonyl (C=O) groups excluding carboxylic acids is 2. The van der Waals surface area contributed by atoms with Gasteiger partial charge < -0.3 is 40.4 Å². The average Bonchev–Trinajstić information content (AvgIpc) is 3.83. The van der Waals surface area contributed by atoms with Crippen molar-refractivity contribution in [1.29, 1.82) is 0 Å². The van der Waals surface area contributed by atoms with Crippen LogP contribution in [0.5, 0.6) is 11.5 Å². The molecule has 1 saturated heterocycles. The van der Waals surface area contributed by atoms with E-state index < -0.39 is 23.6 Å². The molecule has 1 aliphatic heterocycles. The van der Waals surface area contributed by atoms with Gasteiger partial charge in [0.2, 0.25) is 11.2 Å². The van der Waals surface area contributed by atoms with Gasteiger partial charge in [-0.1, -0.05) is 110 Å². The van der Waals surface area contributed by atoms with Crippen LogP contribution in [0.1, 0.15) is 68.9 Å². The molecule has 0 saturated carbocycles. The molecular formula is C53H53ClN4O8S. The number of nitrogens with one attached hydrogen (secondary N) is 3. The van der Waals surface area contributed by atoms with Crippen molar-refractivity contribution in [3.8, 4) is 21.9 Å². The van der Waals surface area contributed by atoms with Crippen LogP contribution in [0.15, 0.2) is 138 Å². The second-order valence-corrected chi connectivity index (χ2v) is 18.9. The molecule has 14 heteroatoms. The normalized spacial score (nSPS) is 15.1. The summed E-state index contributed by atoms with van der Waals surface area (Å²) in [5, 5.41) is 40.8. The molecule has 5 aromatic carbocycles. The molecular weight excluding hydrogens is 888 g/mol. The van der Waals surface area contributed by atoms with Crippen molar-refractivity contribution in [3.05, 3.63) is 187 Å². The van der Waals surface area contributed by atoms with Crippen molar-refractivity contribution in [2.75, 3.05) is 33.4 Å². The molecule has 346 valence electrons. The minimum absolute atomic E-state index is 0.0960. The lowest BCUT2D eigenvalue weighted by Gasteiger charge is -2.39. The lowest BCUT2D eigenvalue weighted by Crippen LogP contribution is -2.44. The summed E-state index contributed by atoms with van der Waals surface area (Å²) in [7, 11) is 1.49. The van der Waals surface area contributed by atoms with Gasteiger partial charge in [-0.2, -0.15) is 0 Å². The molecule has 1 amide bonds. The van der Waals surface area contributed by atoms with Crippen LogP contribution in [0.4, 0.5) is 0 Å². The number of piperidine rings is 1. The Morgan fingerprint density at radius 1 is 0.910 bits per heavy atom. The molecule has 0 bridgehead atoms. The van der Waals surface area contributed by atoms with Gasteiger partial charge in [0.05, 0.1) is 42.5 Å². The van der Waals surface area contributed by atoms with Gasteiger partial charge in [-0.25, -0.2) is 4.79 Å². The highest BCUT2D eigenvalue weighted by atomic mass is 35.5. The number of halogens is 1. The number of hydrogen-bond acceptors (Lipinski definition) is 11. The summed E-state index contributed by atoms with van der Waals surface area (Å²) in [5.41, 5.74) is 1.63. The van der Waals surface area contributed by atoms with Gasteiger partial charge in [-0.3, -0.25) is 14.5 Å². The van der Waals surface area contributed by atoms with Crippen LogP contribution in [-0.4, -0.2) is 70.4 Å². The molecule has 1 fully saturated rings. The van der Waals surface area contributed by atoms with Gasteiger partial charge in [-0.05, 0) is 84.6 Å². The van der Waals surface area contributed by atoms with E-state index in [0.29, 0.717) is 39.0 Å². The molecule has 2 aromatic heterocycles. The average molecular weight is 942 g/mol. The second kappa shape index (κ2) is 20.7. The van der Waals surface area contributed by atoms with E-state index in [2.05, 4.69) is 51.7 Å². The number of aromatic nitrogens is 1. The summed E-state index contributed by atoms with van der Waals surface area (Å²) < 4.78 is 11.7. The number of carbonyl (C=O) groups is 2. The largest absolute Gasteiger partial charge is 0.506 e. The minimum Gasteiger partial charge on any atom is -0.506 e. The van der Waals surface area contributed by atoms with E-state index in [0.717, 1.165) is 42.2 Å². The smallest absolute Gasteiger partial charge is 0.347 e. The van der Waals surface area contributed by atoms with E-state index in [1.165, 1.54) is 36.1 Å². The summed E-state index contributed by atoms with van der Waals surface area (Å²) in [4.78, 5) is 46.4. The lowest BCUT2D eigenvalue weighted by molar-refractivity contribution is -0.166. The van der Waals surface area contributed by atoms with Crippen molar-refractivity contribution >= 4 is 45.7 Å². The van der Waals surface area contributed by atoms with E-state index in [1.807, 2.05) is 36.4 Å². The Balaban J connectivity index is 0.918. The predicted octanol–water partition coefficient (Wildman–Crippen LogP) is 8.46. The number of methoxy groups -OCH3 is 1. The molecule has 7 aromatic rings. The van der Waals surface area contributed by atoms with E-state index in [-0.39, 0.29) is 59.1 Å². The first-order valence-corrected chi connectivity index (χ1v) is 23.3. The first kappa shape index (κ1) is 47.2. The number of ether oxygens (including phenoxy) is 2. The summed E-state index contributed by atoms with van der Waals surface area (Å²) in [6, 6.07) is 39.5. The number of benzene rings is 5. The topological polar surface area (TPSA) is 173 Å². The number of pyridine rings is 1. The van der Waals surface area contributed by atoms with Gasteiger partial charge in [0.1, 0.15) is 11.5 Å². The van der Waals surface area contributed by atoms with Gasteiger partial charge >= 0.3 is 5.97 Å². The summed E-state index contributed by atoms with van der Waals surface area (Å²) >= 11 is 8.11. The maximum atomic E-state index is 14.4. The zero-order valence-corrected chi connectivity index (χ0v) is 38.8. The number of esters is 1. The number of amides is 1. The number of likely N-dealkylation sites (tertiary alicyclic amines) is 1. The standard InChI is InChI=1S/C53H53ClN4O8S/c1-52(23-25-58(26-24-52)32-34-11-5-3-6-12-34)33-66-51(63)53(64,36-13-7-4-8-14-36)42-16-10-9-15-40(42)47-21-17-37(67-47)30-56-50(62)41-28-46(65-2)35(27-43(41)54)29-55-31-45(60)38-18-20-44(59)49-39(38)19-22-48(61)57-49/h3-22,27-28,45,55,59-60,64H,23-26,29-33H2,1-2H3,(H,56,62)(H,57,61)/t45-,53-/m0/s1. The Labute approximate surface area is 397 Å². The number of aliphatic hydroxyl groups excluding tert-OH is 1. The molecule has 0 unspecified atom stereocenters. The van der Waals surface area contributed by atoms with Crippen LogP contribution in [-0.2, 0) is 34.8 Å². The minimum atomic E-state index is -2.11. The molecule has 3 heterocycles. The van der Waals surface area contributed by atoms with E-state index in [1.54, 1.807) is 60.7 Å². The van der Waals surface area contributed by atoms with Crippen molar-refractivity contribution in [1.82, 2.24) is 20.5 Å². The molecule has 12 nitrogen and oxygen atoms in total. The number of thiophene rings is 1. The Kier molecular flexibility index (Phi) is 14.6. The Morgan fingerprint density at radius 2 is 1.63 bits per heavy atom. The summed E-state index contributed by atoms with van der Waals surface area (Å²) in [5.74, 6) is -0.830. The van der Waals surface area contributed by atoms with Crippen LogP contribution in [0, 0.1) is 5.41 Å². The monoisotopic (exact) mass is 940 g/mol. The van der Waals surface area contributed by atoms with Crippen LogP contribution >= 0.6 is 22.9 Å². The number of hydrogen-bond donors (Lipinski definition) is 6. The number of nitrogens with zero attached hydrogens (tertiary/aromatic N) is 1. The highest BCUT2D eigenvalue weighted by Gasteiger charge is 2.45. The lowest BCUT2D eigenvalue weighted by atomic mass is 9.80. The number of phenols is 1. The SMILES string of the molecule is COc1cc(C(=O)NCc2ccc(-c3ccccc3[C@](O)(C(=O)OCC3(C)CCN(Cc4ccccc4)CC3)c3ccccc3)s2)c(Cl)cc1CNC[C@H](O)c1ccc(O)c2[nH]c(=O)ccc12. The van der Waals surface area contributed by atoms with E-state index in [4.69, 9.17) is 21.1 Å². The number of H-pyrrole nitrogens is 1. The Bertz CT molecular complexity index is 2920. The molecule has 8 rings (SSSR count). The zero-order chi connectivity index (χ0) is 47.1. The molecule has 6 N–H and O–H groups in total. The number of phenolic OH excluding ortho intramolecular Hbond substituents is 1. The van der Waals surface area contributed by atoms with Gasteiger partial charge in [0.15, 0.2) is 0 Å². The quantitative estimate of drug-likeness (QED) is 0.0487. The predicted molar refractivity (Wildman–Crippen MR) is 261 cm³/mol. The fourth-order valence-electron chi connectivity index (χ4n) is 8.64. The summed E-state index contributed by atoms with van der Waals surface area (Å²) in [6.07, 6.45) is 0.729. The molecule has 0 radical (unpaired) electrons. The van der Waals surface area contributed by atoms with Crippen molar-refractivity contribution in [2.24, 2.45) is 5.41 Å². The Morgan fingerprint density at radius 3 is 2.37 bits per heavy atom. The van der Waals surface area contributed by atoms with Crippen molar-refractivity contribution < 1.29 is 34.4 Å². The van der Waals surface area contributed by atoms with Crippen LogP contribution in [0.3, 0.4) is 0 Å². The highest BCUT2D eigenvalue weighted by Crippen LogP contribution is 2.41. The molecule has 0 spiro atoms. The number of aliphatic hydroxyl groups is 2. The van der Waals surface area contributed by atoms with Crippen molar-refractivity contribution in [3.63, 3.8) is 0 Å². The third-order valence-corrected chi connectivity index (χ3v) is 14.0. The van der Waals surface area contributed by atoms with Crippen LogP contribution in [0.2, 0.25) is 5.02 Å². The fourth-order valence-corrected chi connectivity index (χ4v) is 9.90. The molecule has 2 atom stereocenters. The van der Waals surface area contributed by atoms with Gasteiger partial charge in [0, 0.05) is 57.4 Å². The highest BCUT2D eigenvalue weighted by molar-refractivity contribution is 7.15. The first-order chi connectivity index (χ1) is 32.3. The van der Waals surface area contributed by atoms with E-state index in [9.17, 15) is 29.7 Å². The Hall–Kier alpha value is -6.32. The molecule has 1 aliphatic rings. The fraction of sp³-hybridized carbons (Fsp3) is 0.264. The molecule has 0 aliphatic carbocycles. The third-order valence-electron chi connectivity index (χ3n) is 12.6. The number of aromatic hydroxyl groups is 1. The zero-order valence-electron chi connectivity index (χ0n) is 37.3. The number of fused-ring (bicyclic) bond motifs is 1. The van der Waals surface area contributed by atoms with Crippen molar-refractivity contribution in [2.45, 2.75) is 51.1 Å². The number of rotatable bonds is 17. The van der Waals surface area contributed by atoms with Gasteiger partial charge in [0.25, 0.3) is 5.91 Å². The number of aromatic amines is 1. The summed E-state index contributed by atoms with van der Waals surface area (Å²) in [6.45, 7) is 5.50. The van der Waals surface area contributed by atoms with Crippen LogP contribution < -0.4 is 20.9 Å². The third kappa shape index (κ3) is 10.6. The maximum absolute atomic E-state index is 14.4. The first-order valence-electron chi connectivity index (χ1n) is 22.1.